The Morgan fingerprint density at radius 1 is 1.04 bits per heavy atom. The van der Waals surface area contributed by atoms with Gasteiger partial charge in [0.1, 0.15) is 0 Å². The van der Waals surface area contributed by atoms with Crippen molar-refractivity contribution in [3.05, 3.63) is 24.3 Å². The van der Waals surface area contributed by atoms with E-state index in [1.54, 1.807) is 26.0 Å². The molecule has 1 nitrogen and oxygen atoms in total. The van der Waals surface area contributed by atoms with Gasteiger partial charge in [-0.15, -0.1) is 12.3 Å². The van der Waals surface area contributed by atoms with Crippen molar-refractivity contribution in [2.24, 2.45) is 10.4 Å². The van der Waals surface area contributed by atoms with Crippen molar-refractivity contribution in [2.45, 2.75) is 64.3 Å². The summed E-state index contributed by atoms with van der Waals surface area (Å²) in [6, 6.07) is -0.447. The number of alkyl halides is 6. The number of halogens is 6. The second kappa shape index (κ2) is 10.3. The van der Waals surface area contributed by atoms with Crippen molar-refractivity contribution >= 4 is 6.21 Å². The molecule has 0 aliphatic carbocycles. The summed E-state index contributed by atoms with van der Waals surface area (Å²) in [7, 11) is 0. The molecular weight excluding hydrogens is 344 g/mol. The molecule has 0 amide bonds. The van der Waals surface area contributed by atoms with Gasteiger partial charge in [-0.3, -0.25) is 4.99 Å². The molecule has 0 aliphatic rings. The molecule has 25 heavy (non-hydrogen) atoms. The smallest absolute Gasteiger partial charge is 0.293 e. The Kier molecular flexibility index (Phi) is 9.61. The van der Waals surface area contributed by atoms with Gasteiger partial charge in [0.15, 0.2) is 0 Å². The van der Waals surface area contributed by atoms with E-state index in [-0.39, 0.29) is 12.8 Å². The lowest BCUT2D eigenvalue weighted by Crippen LogP contribution is -2.24. The average Bonchev–Trinajstić information content (AvgIpc) is 2.44. The van der Waals surface area contributed by atoms with E-state index >= 15 is 0 Å². The van der Waals surface area contributed by atoms with Crippen LogP contribution in [0.5, 0.6) is 0 Å². The lowest BCUT2D eigenvalue weighted by molar-refractivity contribution is -0.135. The number of allylic oxidation sites excluding steroid dienone is 2. The van der Waals surface area contributed by atoms with E-state index in [4.69, 9.17) is 6.42 Å². The maximum absolute atomic E-state index is 12.3. The summed E-state index contributed by atoms with van der Waals surface area (Å²) in [5, 5.41) is 0. The molecule has 0 rings (SSSR count). The Morgan fingerprint density at radius 3 is 2.16 bits per heavy atom. The van der Waals surface area contributed by atoms with Gasteiger partial charge in [0.05, 0.1) is 12.5 Å². The molecule has 0 bridgehead atoms. The Balaban J connectivity index is 4.92. The quantitative estimate of drug-likeness (QED) is 0.150. The van der Waals surface area contributed by atoms with Crippen LogP contribution in [0.1, 0.15) is 46.0 Å². The molecule has 0 heterocycles. The Bertz CT molecular complexity index is 507. The van der Waals surface area contributed by atoms with Crippen LogP contribution in [0.25, 0.3) is 0 Å². The van der Waals surface area contributed by atoms with Crippen LogP contribution in [-0.2, 0) is 0 Å². The minimum atomic E-state index is -4.30. The molecule has 2 unspecified atom stereocenters. The van der Waals surface area contributed by atoms with Crippen LogP contribution in [0, 0.1) is 17.8 Å². The molecule has 0 aromatic carbocycles. The first-order chi connectivity index (χ1) is 11.4. The van der Waals surface area contributed by atoms with Crippen molar-refractivity contribution in [3.8, 4) is 12.3 Å². The molecule has 0 fully saturated rings. The molecule has 0 radical (unpaired) electrons. The fourth-order valence-corrected chi connectivity index (χ4v) is 1.95. The maximum Gasteiger partial charge on any atom is 0.392 e. The van der Waals surface area contributed by atoms with E-state index in [1.807, 2.05) is 0 Å². The molecule has 142 valence electrons. The second-order valence-electron chi connectivity index (χ2n) is 5.91. The van der Waals surface area contributed by atoms with Gasteiger partial charge in [0.25, 0.3) is 0 Å². The van der Waals surface area contributed by atoms with Crippen LogP contribution in [0.2, 0.25) is 0 Å². The van der Waals surface area contributed by atoms with Crippen LogP contribution < -0.4 is 0 Å². The van der Waals surface area contributed by atoms with E-state index in [0.29, 0.717) is 6.42 Å². The van der Waals surface area contributed by atoms with Crippen molar-refractivity contribution in [1.82, 2.24) is 0 Å². The third kappa shape index (κ3) is 12.3. The molecule has 0 saturated heterocycles. The summed E-state index contributed by atoms with van der Waals surface area (Å²) in [6.45, 7) is 3.39. The van der Waals surface area contributed by atoms with Gasteiger partial charge in [-0.25, -0.2) is 0 Å². The number of terminal acetylenes is 1. The molecule has 0 N–H and O–H groups in total. The summed E-state index contributed by atoms with van der Waals surface area (Å²) in [5.41, 5.74) is -0.817. The van der Waals surface area contributed by atoms with Crippen molar-refractivity contribution in [2.75, 3.05) is 0 Å². The van der Waals surface area contributed by atoms with Crippen LogP contribution >= 0.6 is 0 Å². The normalized spacial score (nSPS) is 17.2. The summed E-state index contributed by atoms with van der Waals surface area (Å²) < 4.78 is 73.1. The summed E-state index contributed by atoms with van der Waals surface area (Å²) >= 11 is 0. The Morgan fingerprint density at radius 2 is 1.64 bits per heavy atom. The SMILES string of the molecule is C#CC/C=C\C(C)(/C=C\CC(F)(F)F)C(C)N=CCCCC(F)(F)F. The van der Waals surface area contributed by atoms with E-state index in [9.17, 15) is 26.3 Å². The predicted octanol–water partition coefficient (Wildman–Crippen LogP) is 6.27. The van der Waals surface area contributed by atoms with Gasteiger partial charge in [0, 0.05) is 18.3 Å². The minimum Gasteiger partial charge on any atom is -0.293 e. The molecule has 2 atom stereocenters. The third-order valence-corrected chi connectivity index (χ3v) is 3.56. The number of hydrogen-bond acceptors (Lipinski definition) is 1. The molecule has 0 saturated carbocycles. The highest BCUT2D eigenvalue weighted by molar-refractivity contribution is 5.57. The largest absolute Gasteiger partial charge is 0.392 e. The molecule has 0 aliphatic heterocycles. The summed E-state index contributed by atoms with van der Waals surface area (Å²) in [5.74, 6) is 2.40. The van der Waals surface area contributed by atoms with Gasteiger partial charge in [0.2, 0.25) is 0 Å². The van der Waals surface area contributed by atoms with Crippen molar-refractivity contribution in [1.29, 1.82) is 0 Å². The topological polar surface area (TPSA) is 12.4 Å². The maximum atomic E-state index is 12.3. The van der Waals surface area contributed by atoms with Gasteiger partial charge in [-0.1, -0.05) is 31.2 Å². The summed E-state index contributed by atoms with van der Waals surface area (Å²) in [4.78, 5) is 4.18. The van der Waals surface area contributed by atoms with Gasteiger partial charge in [-0.05, 0) is 26.0 Å². The van der Waals surface area contributed by atoms with Crippen LogP contribution in [0.3, 0.4) is 0 Å². The molecule has 0 aromatic rings. The first kappa shape index (κ1) is 23.3. The number of unbranched alkanes of at least 4 members (excludes halogenated alkanes) is 1. The zero-order chi connectivity index (χ0) is 19.6. The van der Waals surface area contributed by atoms with Gasteiger partial charge < -0.3 is 0 Å². The highest BCUT2D eigenvalue weighted by atomic mass is 19.4. The highest BCUT2D eigenvalue weighted by Gasteiger charge is 2.28. The van der Waals surface area contributed by atoms with Crippen LogP contribution in [-0.4, -0.2) is 24.6 Å². The zero-order valence-corrected chi connectivity index (χ0v) is 14.3. The number of rotatable bonds is 9. The molecule has 0 aromatic heterocycles. The van der Waals surface area contributed by atoms with Crippen LogP contribution in [0.15, 0.2) is 29.3 Å². The second-order valence-corrected chi connectivity index (χ2v) is 5.91. The standard InChI is InChI=1S/C18H23F6N/c1-4-5-6-10-16(3,11-9-13-18(22,23)24)15(2)25-14-8-7-12-17(19,20)21/h1,6,9-11,14-15H,5,7-8,12-13H2,2-3H3/b10-6-,11-9-,25-14?. The van der Waals surface area contributed by atoms with E-state index < -0.39 is 36.7 Å². The predicted molar refractivity (Wildman–Crippen MR) is 88.4 cm³/mol. The van der Waals surface area contributed by atoms with E-state index in [0.717, 1.165) is 6.08 Å². The van der Waals surface area contributed by atoms with Gasteiger partial charge >= 0.3 is 12.4 Å². The van der Waals surface area contributed by atoms with E-state index in [1.165, 1.54) is 12.3 Å². The molecule has 0 spiro atoms. The Hall–Kier alpha value is -1.71. The zero-order valence-electron chi connectivity index (χ0n) is 14.3. The fraction of sp³-hybridized carbons (Fsp3) is 0.611. The third-order valence-electron chi connectivity index (χ3n) is 3.56. The van der Waals surface area contributed by atoms with Crippen LogP contribution in [0.4, 0.5) is 26.3 Å². The first-order valence-electron chi connectivity index (χ1n) is 7.83. The Labute approximate surface area is 144 Å². The highest BCUT2D eigenvalue weighted by Crippen LogP contribution is 2.30. The first-order valence-corrected chi connectivity index (χ1v) is 7.83. The van der Waals surface area contributed by atoms with Crippen molar-refractivity contribution < 1.29 is 26.3 Å². The molecule has 7 heteroatoms. The van der Waals surface area contributed by atoms with Crippen molar-refractivity contribution in [3.63, 3.8) is 0 Å². The fourth-order valence-electron chi connectivity index (χ4n) is 1.95. The minimum absolute atomic E-state index is 0.0761. The number of nitrogens with zero attached hydrogens (tertiary/aromatic N) is 1. The summed E-state index contributed by atoms with van der Waals surface area (Å²) in [6.07, 6.45) is 2.26. The number of aliphatic imine (C=N–C) groups is 1. The monoisotopic (exact) mass is 367 g/mol. The lowest BCUT2D eigenvalue weighted by Gasteiger charge is -2.27. The number of hydrogen-bond donors (Lipinski definition) is 0. The average molecular weight is 367 g/mol. The lowest BCUT2D eigenvalue weighted by atomic mass is 9.82. The molecular formula is C18H23F6N. The van der Waals surface area contributed by atoms with Gasteiger partial charge in [-0.2, -0.15) is 26.3 Å². The van der Waals surface area contributed by atoms with E-state index in [2.05, 4.69) is 10.9 Å².